The first-order valence-electron chi connectivity index (χ1n) is 2.79. The van der Waals surface area contributed by atoms with E-state index in [9.17, 15) is 4.79 Å². The Labute approximate surface area is 78.5 Å². The van der Waals surface area contributed by atoms with Crippen LogP contribution in [0.5, 0.6) is 0 Å². The summed E-state index contributed by atoms with van der Waals surface area (Å²) < 4.78 is 0. The fraction of sp³-hybridized carbons (Fsp3) is 0. The van der Waals surface area contributed by atoms with Crippen molar-refractivity contribution in [3.8, 4) is 0 Å². The SMILES string of the molecule is Nc1ccccc1C(=O)O.[W]. The van der Waals surface area contributed by atoms with E-state index in [1.54, 1.807) is 18.2 Å². The number of aromatic carboxylic acids is 1. The van der Waals surface area contributed by atoms with Gasteiger partial charge >= 0.3 is 5.97 Å². The van der Waals surface area contributed by atoms with Crippen LogP contribution in [0, 0.1) is 0 Å². The number of carboxylic acids is 1. The van der Waals surface area contributed by atoms with Crippen LogP contribution in [0.2, 0.25) is 0 Å². The van der Waals surface area contributed by atoms with Crippen LogP contribution >= 0.6 is 0 Å². The summed E-state index contributed by atoms with van der Waals surface area (Å²) in [5.74, 6) is -0.988. The normalized spacial score (nSPS) is 8.36. The van der Waals surface area contributed by atoms with Crippen LogP contribution in [0.25, 0.3) is 0 Å². The molecule has 4 heteroatoms. The summed E-state index contributed by atoms with van der Waals surface area (Å²) in [7, 11) is 0. The second kappa shape index (κ2) is 4.14. The van der Waals surface area contributed by atoms with Gasteiger partial charge in [0, 0.05) is 26.8 Å². The molecular weight excluding hydrogens is 314 g/mol. The molecule has 0 bridgehead atoms. The number of nitrogen functional groups attached to an aromatic ring is 1. The molecule has 0 unspecified atom stereocenters. The van der Waals surface area contributed by atoms with Gasteiger partial charge in [0.15, 0.2) is 0 Å². The maximum Gasteiger partial charge on any atom is 0.337 e. The van der Waals surface area contributed by atoms with Crippen LogP contribution in [0.3, 0.4) is 0 Å². The van der Waals surface area contributed by atoms with Crippen molar-refractivity contribution in [2.24, 2.45) is 0 Å². The first-order valence-corrected chi connectivity index (χ1v) is 2.79. The van der Waals surface area contributed by atoms with E-state index in [2.05, 4.69) is 0 Å². The first-order chi connectivity index (χ1) is 4.72. The van der Waals surface area contributed by atoms with Gasteiger partial charge < -0.3 is 10.8 Å². The van der Waals surface area contributed by atoms with Crippen molar-refractivity contribution in [3.63, 3.8) is 0 Å². The molecule has 0 aliphatic carbocycles. The van der Waals surface area contributed by atoms with E-state index in [4.69, 9.17) is 10.8 Å². The summed E-state index contributed by atoms with van der Waals surface area (Å²) in [5.41, 5.74) is 5.80. The Balaban J connectivity index is 0.000001000. The predicted octanol–water partition coefficient (Wildman–Crippen LogP) is 0.965. The zero-order valence-electron chi connectivity index (χ0n) is 5.65. The molecule has 1 aromatic carbocycles. The van der Waals surface area contributed by atoms with E-state index in [1.807, 2.05) is 0 Å². The van der Waals surface area contributed by atoms with Crippen LogP contribution < -0.4 is 5.73 Å². The van der Waals surface area contributed by atoms with Crippen molar-refractivity contribution in [2.45, 2.75) is 0 Å². The van der Waals surface area contributed by atoms with Crippen LogP contribution in [0.1, 0.15) is 10.4 Å². The zero-order valence-corrected chi connectivity index (χ0v) is 8.58. The molecule has 1 rings (SSSR count). The third kappa shape index (κ3) is 2.35. The molecule has 0 radical (unpaired) electrons. The monoisotopic (exact) mass is 321 g/mol. The standard InChI is InChI=1S/C7H7NO2.W/c8-6-4-2-1-3-5(6)7(9)10;/h1-4H,8H2,(H,9,10);. The Morgan fingerprint density at radius 3 is 2.27 bits per heavy atom. The van der Waals surface area contributed by atoms with Gasteiger partial charge in [0.05, 0.1) is 5.56 Å². The minimum Gasteiger partial charge on any atom is -0.478 e. The second-order valence-corrected chi connectivity index (χ2v) is 1.89. The first kappa shape index (κ1) is 10.2. The largest absolute Gasteiger partial charge is 0.478 e. The summed E-state index contributed by atoms with van der Waals surface area (Å²) in [6.07, 6.45) is 0. The molecular formula is C7H7NO2W. The molecule has 0 aliphatic rings. The molecule has 1 aromatic rings. The van der Waals surface area contributed by atoms with E-state index in [-0.39, 0.29) is 26.6 Å². The summed E-state index contributed by atoms with van der Waals surface area (Å²) in [6, 6.07) is 6.36. The van der Waals surface area contributed by atoms with Gasteiger partial charge in [-0.2, -0.15) is 0 Å². The minimum absolute atomic E-state index is 0. The summed E-state index contributed by atoms with van der Waals surface area (Å²) in [5, 5.41) is 8.49. The minimum atomic E-state index is -0.988. The van der Waals surface area contributed by atoms with Gasteiger partial charge in [0.25, 0.3) is 0 Å². The number of rotatable bonds is 1. The Morgan fingerprint density at radius 2 is 1.91 bits per heavy atom. The number of nitrogens with two attached hydrogens (primary N) is 1. The van der Waals surface area contributed by atoms with Gasteiger partial charge in [-0.25, -0.2) is 4.79 Å². The number of carbonyl (C=O) groups is 1. The van der Waals surface area contributed by atoms with Crippen molar-refractivity contribution in [1.82, 2.24) is 0 Å². The maximum atomic E-state index is 10.3. The maximum absolute atomic E-state index is 10.3. The molecule has 0 atom stereocenters. The third-order valence-electron chi connectivity index (χ3n) is 1.19. The summed E-state index contributed by atoms with van der Waals surface area (Å²) in [6.45, 7) is 0. The fourth-order valence-electron chi connectivity index (χ4n) is 0.692. The molecule has 0 saturated carbocycles. The molecule has 0 fully saturated rings. The van der Waals surface area contributed by atoms with Gasteiger partial charge in [0.2, 0.25) is 0 Å². The van der Waals surface area contributed by atoms with Crippen LogP contribution in [-0.4, -0.2) is 11.1 Å². The molecule has 0 aromatic heterocycles. The molecule has 0 heterocycles. The van der Waals surface area contributed by atoms with E-state index < -0.39 is 5.97 Å². The van der Waals surface area contributed by atoms with Crippen molar-refractivity contribution >= 4 is 11.7 Å². The number of carboxylic acid groups (broad SMARTS) is 1. The third-order valence-corrected chi connectivity index (χ3v) is 1.19. The number of para-hydroxylation sites is 1. The van der Waals surface area contributed by atoms with E-state index in [0.29, 0.717) is 5.69 Å². The van der Waals surface area contributed by atoms with Crippen LogP contribution in [0.15, 0.2) is 24.3 Å². The molecule has 58 valence electrons. The Hall–Kier alpha value is -0.822. The van der Waals surface area contributed by atoms with Crippen LogP contribution in [-0.2, 0) is 21.1 Å². The Kier molecular flexibility index (Phi) is 3.83. The Bertz CT molecular complexity index is 262. The smallest absolute Gasteiger partial charge is 0.337 e. The molecule has 0 spiro atoms. The van der Waals surface area contributed by atoms with Crippen LogP contribution in [0.4, 0.5) is 5.69 Å². The number of hydrogen-bond donors (Lipinski definition) is 2. The average Bonchev–Trinajstić information content (AvgIpc) is 1.88. The molecule has 3 nitrogen and oxygen atoms in total. The van der Waals surface area contributed by atoms with E-state index in [1.165, 1.54) is 6.07 Å². The van der Waals surface area contributed by atoms with Gasteiger partial charge in [-0.3, -0.25) is 0 Å². The fourth-order valence-corrected chi connectivity index (χ4v) is 0.692. The number of hydrogen-bond acceptors (Lipinski definition) is 2. The molecule has 3 N–H and O–H groups in total. The number of anilines is 1. The molecule has 0 aliphatic heterocycles. The number of benzene rings is 1. The predicted molar refractivity (Wildman–Crippen MR) is 37.8 cm³/mol. The van der Waals surface area contributed by atoms with E-state index >= 15 is 0 Å². The average molecular weight is 321 g/mol. The zero-order chi connectivity index (χ0) is 7.56. The second-order valence-electron chi connectivity index (χ2n) is 1.89. The topological polar surface area (TPSA) is 63.3 Å². The molecule has 11 heavy (non-hydrogen) atoms. The van der Waals surface area contributed by atoms with Gasteiger partial charge in [0.1, 0.15) is 0 Å². The Morgan fingerprint density at radius 1 is 1.36 bits per heavy atom. The van der Waals surface area contributed by atoms with Gasteiger partial charge in [-0.1, -0.05) is 12.1 Å². The van der Waals surface area contributed by atoms with Gasteiger partial charge in [-0.15, -0.1) is 0 Å². The molecule has 0 amide bonds. The van der Waals surface area contributed by atoms with Crippen molar-refractivity contribution in [1.29, 1.82) is 0 Å². The van der Waals surface area contributed by atoms with Crippen molar-refractivity contribution in [3.05, 3.63) is 29.8 Å². The summed E-state index contributed by atoms with van der Waals surface area (Å²) >= 11 is 0. The van der Waals surface area contributed by atoms with Gasteiger partial charge in [-0.05, 0) is 12.1 Å². The molecule has 0 saturated heterocycles. The van der Waals surface area contributed by atoms with Crippen molar-refractivity contribution < 1.29 is 31.0 Å². The van der Waals surface area contributed by atoms with E-state index in [0.717, 1.165) is 0 Å². The summed E-state index contributed by atoms with van der Waals surface area (Å²) in [4.78, 5) is 10.3. The quantitative estimate of drug-likeness (QED) is 0.758. The van der Waals surface area contributed by atoms with Crippen molar-refractivity contribution in [2.75, 3.05) is 5.73 Å².